The van der Waals surface area contributed by atoms with Crippen LogP contribution < -0.4 is 5.43 Å². The molecule has 4 heteroatoms. The molecule has 0 aliphatic carbocycles. The van der Waals surface area contributed by atoms with Crippen LogP contribution in [0.3, 0.4) is 0 Å². The zero-order valence-electron chi connectivity index (χ0n) is 11.2. The average molecular weight is 258 g/mol. The molecule has 1 heterocycles. The molecule has 19 heavy (non-hydrogen) atoms. The van der Waals surface area contributed by atoms with Gasteiger partial charge in [-0.2, -0.15) is 0 Å². The summed E-state index contributed by atoms with van der Waals surface area (Å²) in [7, 11) is 1.82. The average Bonchev–Trinajstić information content (AvgIpc) is 2.79. The number of likely N-dealkylation sites (N-methyl/N-ethyl adjacent to an activating group) is 1. The first kappa shape index (κ1) is 13.4. The van der Waals surface area contributed by atoms with Gasteiger partial charge in [-0.25, -0.2) is 9.80 Å². The summed E-state index contributed by atoms with van der Waals surface area (Å²) in [4.78, 5) is 11.7. The molecule has 0 radical (unpaired) electrons. The third-order valence-corrected chi connectivity index (χ3v) is 2.84. The van der Waals surface area contributed by atoms with E-state index >= 15 is 0 Å². The maximum absolute atomic E-state index is 11.7. The number of nitrogens with zero attached hydrogens (tertiary/aromatic N) is 1. The number of allylic oxidation sites excluding steroid dienone is 1. The topological polar surface area (TPSA) is 41.6 Å². The van der Waals surface area contributed by atoms with Gasteiger partial charge in [0.1, 0.15) is 6.04 Å². The molecular weight excluding hydrogens is 240 g/mol. The molecule has 0 amide bonds. The first-order valence-corrected chi connectivity index (χ1v) is 6.32. The summed E-state index contributed by atoms with van der Waals surface area (Å²) in [5.41, 5.74) is 5.13. The maximum atomic E-state index is 11.7. The lowest BCUT2D eigenvalue weighted by atomic mass is 10.2. The number of esters is 1. The Hall–Kier alpha value is -2.07. The first-order chi connectivity index (χ1) is 9.20. The van der Waals surface area contributed by atoms with Crippen LogP contribution in [-0.4, -0.2) is 30.7 Å². The van der Waals surface area contributed by atoms with E-state index in [0.29, 0.717) is 6.61 Å². The zero-order chi connectivity index (χ0) is 13.7. The van der Waals surface area contributed by atoms with Crippen molar-refractivity contribution < 1.29 is 9.53 Å². The summed E-state index contributed by atoms with van der Waals surface area (Å²) < 4.78 is 5.02. The second-order valence-corrected chi connectivity index (χ2v) is 4.29. The van der Waals surface area contributed by atoms with E-state index < -0.39 is 0 Å². The van der Waals surface area contributed by atoms with Crippen LogP contribution in [0.15, 0.2) is 48.2 Å². The standard InChI is InChI=1S/C15H18N2O2/c1-3-19-15(18)14-11-13(16-17(14)2)10-9-12-7-5-4-6-8-12/h4-11,14,16H,3H2,1-2H3. The monoisotopic (exact) mass is 258 g/mol. The van der Waals surface area contributed by atoms with Gasteiger partial charge in [0, 0.05) is 12.7 Å². The van der Waals surface area contributed by atoms with E-state index in [1.807, 2.05) is 55.6 Å². The number of carbonyl (C=O) groups excluding carboxylic acids is 1. The van der Waals surface area contributed by atoms with Crippen LogP contribution in [-0.2, 0) is 9.53 Å². The molecule has 2 rings (SSSR count). The van der Waals surface area contributed by atoms with E-state index in [4.69, 9.17) is 4.74 Å². The summed E-state index contributed by atoms with van der Waals surface area (Å²) >= 11 is 0. The van der Waals surface area contributed by atoms with Crippen molar-refractivity contribution in [3.63, 3.8) is 0 Å². The van der Waals surface area contributed by atoms with Crippen LogP contribution >= 0.6 is 0 Å². The lowest BCUT2D eigenvalue weighted by molar-refractivity contribution is -0.147. The number of hydrazine groups is 1. The molecule has 1 aromatic carbocycles. The van der Waals surface area contributed by atoms with Gasteiger partial charge in [-0.15, -0.1) is 0 Å². The molecule has 1 aliphatic rings. The van der Waals surface area contributed by atoms with E-state index in [-0.39, 0.29) is 12.0 Å². The molecule has 1 aromatic rings. The fourth-order valence-corrected chi connectivity index (χ4v) is 1.89. The summed E-state index contributed by atoms with van der Waals surface area (Å²) in [5.74, 6) is -0.236. The van der Waals surface area contributed by atoms with Crippen molar-refractivity contribution in [1.82, 2.24) is 10.4 Å². The molecule has 0 spiro atoms. The Morgan fingerprint density at radius 3 is 2.79 bits per heavy atom. The van der Waals surface area contributed by atoms with E-state index in [1.54, 1.807) is 11.9 Å². The SMILES string of the molecule is CCOC(=O)C1C=C(C=Cc2ccccc2)NN1C. The Kier molecular flexibility index (Phi) is 4.36. The number of nitrogens with one attached hydrogen (secondary N) is 1. The van der Waals surface area contributed by atoms with Crippen LogP contribution in [0.25, 0.3) is 6.08 Å². The fourth-order valence-electron chi connectivity index (χ4n) is 1.89. The van der Waals surface area contributed by atoms with Gasteiger partial charge in [-0.05, 0) is 24.6 Å². The number of ether oxygens (including phenoxy) is 1. The lowest BCUT2D eigenvalue weighted by Gasteiger charge is -2.17. The number of hydrogen-bond donors (Lipinski definition) is 1. The molecule has 0 saturated heterocycles. The first-order valence-electron chi connectivity index (χ1n) is 6.32. The Labute approximate surface area is 113 Å². The molecule has 100 valence electrons. The van der Waals surface area contributed by atoms with Gasteiger partial charge in [-0.3, -0.25) is 0 Å². The second-order valence-electron chi connectivity index (χ2n) is 4.29. The van der Waals surface area contributed by atoms with Crippen LogP contribution in [0, 0.1) is 0 Å². The van der Waals surface area contributed by atoms with Crippen LogP contribution in [0.5, 0.6) is 0 Å². The predicted octanol–water partition coefficient (Wildman–Crippen LogP) is 1.97. The van der Waals surface area contributed by atoms with Crippen LogP contribution in [0.2, 0.25) is 0 Å². The molecule has 4 nitrogen and oxygen atoms in total. The Bertz CT molecular complexity index is 494. The highest BCUT2D eigenvalue weighted by Crippen LogP contribution is 2.13. The number of carbonyl (C=O) groups is 1. The number of benzene rings is 1. The summed E-state index contributed by atoms with van der Waals surface area (Å²) in [6, 6.07) is 9.65. The minimum atomic E-state index is -0.365. The quantitative estimate of drug-likeness (QED) is 0.838. The lowest BCUT2D eigenvalue weighted by Crippen LogP contribution is -2.40. The summed E-state index contributed by atoms with van der Waals surface area (Å²) in [6.07, 6.45) is 5.81. The maximum Gasteiger partial charge on any atom is 0.329 e. The molecular formula is C15H18N2O2. The van der Waals surface area contributed by atoms with Gasteiger partial charge < -0.3 is 10.2 Å². The Balaban J connectivity index is 2.04. The highest BCUT2D eigenvalue weighted by atomic mass is 16.5. The van der Waals surface area contributed by atoms with Crippen molar-refractivity contribution in [1.29, 1.82) is 0 Å². The zero-order valence-corrected chi connectivity index (χ0v) is 11.2. The van der Waals surface area contributed by atoms with Crippen LogP contribution in [0.1, 0.15) is 12.5 Å². The van der Waals surface area contributed by atoms with Crippen LogP contribution in [0.4, 0.5) is 0 Å². The molecule has 1 atom stereocenters. The normalized spacial score (nSPS) is 19.3. The minimum Gasteiger partial charge on any atom is -0.465 e. The number of hydrogen-bond acceptors (Lipinski definition) is 4. The summed E-state index contributed by atoms with van der Waals surface area (Å²) in [6.45, 7) is 2.20. The fraction of sp³-hybridized carbons (Fsp3) is 0.267. The molecule has 1 aliphatic heterocycles. The molecule has 1 N–H and O–H groups in total. The van der Waals surface area contributed by atoms with E-state index in [0.717, 1.165) is 11.3 Å². The van der Waals surface area contributed by atoms with Gasteiger partial charge >= 0.3 is 5.97 Å². The van der Waals surface area contributed by atoms with Crippen molar-refractivity contribution in [2.24, 2.45) is 0 Å². The smallest absolute Gasteiger partial charge is 0.329 e. The summed E-state index contributed by atoms with van der Waals surface area (Å²) in [5, 5.41) is 1.74. The van der Waals surface area contributed by atoms with E-state index in [2.05, 4.69) is 5.43 Å². The highest BCUT2D eigenvalue weighted by molar-refractivity contribution is 5.79. The van der Waals surface area contributed by atoms with Gasteiger partial charge in [0.2, 0.25) is 0 Å². The van der Waals surface area contributed by atoms with Gasteiger partial charge in [-0.1, -0.05) is 36.4 Å². The van der Waals surface area contributed by atoms with Crippen molar-refractivity contribution in [3.05, 3.63) is 53.7 Å². The van der Waals surface area contributed by atoms with Gasteiger partial charge in [0.05, 0.1) is 6.61 Å². The van der Waals surface area contributed by atoms with Gasteiger partial charge in [0.25, 0.3) is 0 Å². The third kappa shape index (κ3) is 3.45. The number of rotatable bonds is 4. The minimum absolute atomic E-state index is 0.236. The molecule has 0 fully saturated rings. The highest BCUT2D eigenvalue weighted by Gasteiger charge is 2.27. The van der Waals surface area contributed by atoms with Crippen molar-refractivity contribution in [2.45, 2.75) is 13.0 Å². The molecule has 1 unspecified atom stereocenters. The molecule has 0 saturated carbocycles. The third-order valence-electron chi connectivity index (χ3n) is 2.84. The van der Waals surface area contributed by atoms with E-state index in [9.17, 15) is 4.79 Å². The van der Waals surface area contributed by atoms with E-state index in [1.165, 1.54) is 0 Å². The molecule has 0 bridgehead atoms. The molecule has 0 aromatic heterocycles. The van der Waals surface area contributed by atoms with Gasteiger partial charge in [0.15, 0.2) is 0 Å². The van der Waals surface area contributed by atoms with Crippen molar-refractivity contribution in [3.8, 4) is 0 Å². The Morgan fingerprint density at radius 2 is 2.11 bits per heavy atom. The second kappa shape index (κ2) is 6.20. The Morgan fingerprint density at radius 1 is 1.37 bits per heavy atom. The van der Waals surface area contributed by atoms with Crippen molar-refractivity contribution in [2.75, 3.05) is 13.7 Å². The largest absolute Gasteiger partial charge is 0.465 e. The predicted molar refractivity (Wildman–Crippen MR) is 74.9 cm³/mol. The van der Waals surface area contributed by atoms with Crippen molar-refractivity contribution >= 4 is 12.0 Å².